The Morgan fingerprint density at radius 3 is 2.65 bits per heavy atom. The van der Waals surface area contributed by atoms with Crippen molar-refractivity contribution >= 4 is 22.5 Å². The molecule has 1 aromatic carbocycles. The van der Waals surface area contributed by atoms with E-state index in [4.69, 9.17) is 0 Å². The average Bonchev–Trinajstić information content (AvgIpc) is 2.97. The Morgan fingerprint density at radius 2 is 1.92 bits per heavy atom. The Labute approximate surface area is 149 Å². The number of nitrogens with zero attached hydrogens (tertiary/aromatic N) is 4. The third-order valence-corrected chi connectivity index (χ3v) is 5.32. The number of halogens is 2. The Hall–Kier alpha value is -2.75. The number of rotatable bonds is 2. The molecule has 4 rings (SSSR count). The number of amides is 2. The van der Waals surface area contributed by atoms with Crippen molar-refractivity contribution in [2.24, 2.45) is 0 Å². The summed E-state index contributed by atoms with van der Waals surface area (Å²) in [5.74, 6) is -2.65. The summed E-state index contributed by atoms with van der Waals surface area (Å²) in [6.45, 7) is 0.231. The van der Waals surface area contributed by atoms with Gasteiger partial charge in [0.15, 0.2) is 0 Å². The van der Waals surface area contributed by atoms with Crippen molar-refractivity contribution in [3.63, 3.8) is 0 Å². The van der Waals surface area contributed by atoms with Crippen LogP contribution in [-0.2, 0) is 0 Å². The third kappa shape index (κ3) is 2.75. The smallest absolute Gasteiger partial charge is 0.318 e. The summed E-state index contributed by atoms with van der Waals surface area (Å²) in [6, 6.07) is 8.52. The molecule has 0 bridgehead atoms. The second kappa shape index (κ2) is 6.20. The summed E-state index contributed by atoms with van der Waals surface area (Å²) in [4.78, 5) is 20.3. The molecule has 1 atom stereocenters. The SMILES string of the molecule is N#CC1CN(C2CCC(F)(F)CC2)C(=O)N1c1cncc2ccccc12. The molecule has 1 saturated heterocycles. The van der Waals surface area contributed by atoms with Crippen LogP contribution in [0.25, 0.3) is 10.8 Å². The topological polar surface area (TPSA) is 60.2 Å². The van der Waals surface area contributed by atoms with Crippen LogP contribution in [0.5, 0.6) is 0 Å². The van der Waals surface area contributed by atoms with Crippen LogP contribution in [0.15, 0.2) is 36.7 Å². The first-order valence-corrected chi connectivity index (χ1v) is 8.70. The maximum absolute atomic E-state index is 13.4. The number of carbonyl (C=O) groups is 1. The molecule has 5 nitrogen and oxygen atoms in total. The molecule has 2 aromatic rings. The number of aromatic nitrogens is 1. The molecule has 7 heteroatoms. The number of urea groups is 1. The lowest BCUT2D eigenvalue weighted by Crippen LogP contribution is -2.43. The van der Waals surface area contributed by atoms with E-state index < -0.39 is 12.0 Å². The van der Waals surface area contributed by atoms with Gasteiger partial charge in [-0.05, 0) is 12.8 Å². The molecular formula is C19H18F2N4O. The van der Waals surface area contributed by atoms with Crippen molar-refractivity contribution in [1.82, 2.24) is 9.88 Å². The van der Waals surface area contributed by atoms with E-state index in [2.05, 4.69) is 11.1 Å². The van der Waals surface area contributed by atoms with Crippen molar-refractivity contribution in [3.8, 4) is 6.07 Å². The molecule has 1 aromatic heterocycles. The van der Waals surface area contributed by atoms with Gasteiger partial charge in [0.25, 0.3) is 0 Å². The van der Waals surface area contributed by atoms with Crippen molar-refractivity contribution in [1.29, 1.82) is 5.26 Å². The normalized spacial score (nSPS) is 23.4. The van der Waals surface area contributed by atoms with Crippen LogP contribution in [0, 0.1) is 11.3 Å². The minimum Gasteiger partial charge on any atom is -0.318 e. The molecule has 1 saturated carbocycles. The van der Waals surface area contributed by atoms with Crippen LogP contribution in [0.2, 0.25) is 0 Å². The quantitative estimate of drug-likeness (QED) is 0.819. The summed E-state index contributed by atoms with van der Waals surface area (Å²) in [5, 5.41) is 11.3. The van der Waals surface area contributed by atoms with Crippen molar-refractivity contribution in [2.75, 3.05) is 11.4 Å². The second-order valence-corrected chi connectivity index (χ2v) is 6.92. The van der Waals surface area contributed by atoms with Gasteiger partial charge in [0, 0.05) is 35.9 Å². The van der Waals surface area contributed by atoms with E-state index in [0.717, 1.165) is 10.8 Å². The van der Waals surface area contributed by atoms with E-state index in [0.29, 0.717) is 5.69 Å². The first-order valence-electron chi connectivity index (χ1n) is 8.70. The summed E-state index contributed by atoms with van der Waals surface area (Å²) in [7, 11) is 0. The number of anilines is 1. The fourth-order valence-electron chi connectivity index (χ4n) is 3.92. The predicted octanol–water partition coefficient (Wildman–Crippen LogP) is 3.95. The lowest BCUT2D eigenvalue weighted by Gasteiger charge is -2.34. The standard InChI is InChI=1S/C19H18F2N4O/c20-19(21)7-5-14(6-8-19)24-12-15(9-22)25(18(24)26)17-11-23-10-13-3-1-2-4-16(13)17/h1-4,10-11,14-15H,5-8,12H2. The molecule has 26 heavy (non-hydrogen) atoms. The van der Waals surface area contributed by atoms with E-state index >= 15 is 0 Å². The lowest BCUT2D eigenvalue weighted by molar-refractivity contribution is -0.0483. The van der Waals surface area contributed by atoms with Crippen molar-refractivity contribution < 1.29 is 13.6 Å². The molecule has 1 aliphatic carbocycles. The molecule has 0 radical (unpaired) electrons. The van der Waals surface area contributed by atoms with Gasteiger partial charge in [0.05, 0.1) is 24.5 Å². The lowest BCUT2D eigenvalue weighted by atomic mass is 9.91. The summed E-state index contributed by atoms with van der Waals surface area (Å²) in [5.41, 5.74) is 0.586. The Morgan fingerprint density at radius 1 is 1.19 bits per heavy atom. The highest BCUT2D eigenvalue weighted by Crippen LogP contribution is 2.38. The maximum Gasteiger partial charge on any atom is 0.326 e. The average molecular weight is 356 g/mol. The molecule has 2 heterocycles. The minimum absolute atomic E-state index is 0.214. The molecule has 1 unspecified atom stereocenters. The van der Waals surface area contributed by atoms with Gasteiger partial charge in [-0.2, -0.15) is 5.26 Å². The molecular weight excluding hydrogens is 338 g/mol. The molecule has 134 valence electrons. The fraction of sp³-hybridized carbons (Fsp3) is 0.421. The van der Waals surface area contributed by atoms with Gasteiger partial charge >= 0.3 is 6.03 Å². The number of hydrogen-bond acceptors (Lipinski definition) is 3. The zero-order valence-corrected chi connectivity index (χ0v) is 14.1. The van der Waals surface area contributed by atoms with Crippen LogP contribution < -0.4 is 4.90 Å². The van der Waals surface area contributed by atoms with Crippen LogP contribution in [0.3, 0.4) is 0 Å². The second-order valence-electron chi connectivity index (χ2n) is 6.92. The van der Waals surface area contributed by atoms with Gasteiger partial charge in [-0.3, -0.25) is 9.88 Å². The maximum atomic E-state index is 13.4. The monoisotopic (exact) mass is 356 g/mol. The van der Waals surface area contributed by atoms with Gasteiger partial charge in [-0.15, -0.1) is 0 Å². The number of hydrogen-bond donors (Lipinski definition) is 0. The largest absolute Gasteiger partial charge is 0.326 e. The molecule has 2 fully saturated rings. The molecule has 0 N–H and O–H groups in total. The van der Waals surface area contributed by atoms with Gasteiger partial charge < -0.3 is 4.90 Å². The summed E-state index contributed by atoms with van der Waals surface area (Å²) >= 11 is 0. The zero-order valence-electron chi connectivity index (χ0n) is 14.1. The highest BCUT2D eigenvalue weighted by atomic mass is 19.3. The van der Waals surface area contributed by atoms with E-state index in [9.17, 15) is 18.8 Å². The highest BCUT2D eigenvalue weighted by molar-refractivity contribution is 6.04. The fourth-order valence-corrected chi connectivity index (χ4v) is 3.92. The number of nitriles is 1. The van der Waals surface area contributed by atoms with Gasteiger partial charge in [-0.1, -0.05) is 24.3 Å². The number of benzene rings is 1. The van der Waals surface area contributed by atoms with Crippen molar-refractivity contribution in [2.45, 2.75) is 43.7 Å². The number of fused-ring (bicyclic) bond motifs is 1. The Bertz CT molecular complexity index is 879. The Kier molecular flexibility index (Phi) is 3.98. The van der Waals surface area contributed by atoms with Crippen LogP contribution in [0.4, 0.5) is 19.3 Å². The first kappa shape index (κ1) is 16.7. The summed E-state index contributed by atoms with van der Waals surface area (Å²) < 4.78 is 26.9. The predicted molar refractivity (Wildman–Crippen MR) is 92.9 cm³/mol. The van der Waals surface area contributed by atoms with Gasteiger partial charge in [0.2, 0.25) is 5.92 Å². The number of alkyl halides is 2. The van der Waals surface area contributed by atoms with Crippen LogP contribution in [0.1, 0.15) is 25.7 Å². The van der Waals surface area contributed by atoms with E-state index in [1.165, 1.54) is 4.90 Å². The van der Waals surface area contributed by atoms with Crippen LogP contribution in [-0.4, -0.2) is 40.5 Å². The van der Waals surface area contributed by atoms with Crippen LogP contribution >= 0.6 is 0 Å². The molecule has 2 amide bonds. The number of pyridine rings is 1. The van der Waals surface area contributed by atoms with E-state index in [-0.39, 0.29) is 44.3 Å². The minimum atomic E-state index is -2.65. The highest BCUT2D eigenvalue weighted by Gasteiger charge is 2.45. The first-order chi connectivity index (χ1) is 12.5. The van der Waals surface area contributed by atoms with Gasteiger partial charge in [0.1, 0.15) is 6.04 Å². The third-order valence-electron chi connectivity index (χ3n) is 5.32. The van der Waals surface area contributed by atoms with Gasteiger partial charge in [-0.25, -0.2) is 13.6 Å². The zero-order chi connectivity index (χ0) is 18.3. The molecule has 2 aliphatic rings. The molecule has 1 aliphatic heterocycles. The van der Waals surface area contributed by atoms with E-state index in [1.807, 2.05) is 24.3 Å². The summed E-state index contributed by atoms with van der Waals surface area (Å²) in [6.07, 6.45) is 3.39. The molecule has 0 spiro atoms. The Balaban J connectivity index is 1.66. The van der Waals surface area contributed by atoms with Crippen molar-refractivity contribution in [3.05, 3.63) is 36.7 Å². The van der Waals surface area contributed by atoms with E-state index in [1.54, 1.807) is 17.3 Å². The number of carbonyl (C=O) groups excluding carboxylic acids is 1.